The van der Waals surface area contributed by atoms with Crippen LogP contribution in [-0.2, 0) is 28.3 Å². The molecule has 3 aromatic carbocycles. The van der Waals surface area contributed by atoms with E-state index in [9.17, 15) is 46.9 Å². The van der Waals surface area contributed by atoms with E-state index < -0.39 is 75.0 Å². The van der Waals surface area contributed by atoms with E-state index in [1.807, 2.05) is 33.9 Å². The molecule has 16 nitrogen and oxygen atoms in total. The van der Waals surface area contributed by atoms with Gasteiger partial charge in [-0.05, 0) is 85.9 Å². The number of esters is 1. The topological polar surface area (TPSA) is 208 Å². The summed E-state index contributed by atoms with van der Waals surface area (Å²) >= 11 is 0. The van der Waals surface area contributed by atoms with Gasteiger partial charge < -0.3 is 66.4 Å². The van der Waals surface area contributed by atoms with Crippen LogP contribution in [-0.4, -0.2) is 77.5 Å². The van der Waals surface area contributed by atoms with Crippen LogP contribution in [0.4, 0.5) is 27.7 Å². The molecule has 4 atom stereocenters. The van der Waals surface area contributed by atoms with Crippen molar-refractivity contribution < 1.29 is 69.7 Å². The van der Waals surface area contributed by atoms with E-state index in [1.165, 1.54) is 38.5 Å². The number of ether oxygens (including phenoxy) is 5. The number of methoxy groups -OCH3 is 3. The molecule has 0 fully saturated rings. The van der Waals surface area contributed by atoms with Crippen LogP contribution in [0.25, 0.3) is 4.98 Å². The number of aromatic hydroxyl groups is 1. The van der Waals surface area contributed by atoms with Crippen LogP contribution in [0.5, 0.6) is 28.7 Å². The average molecular weight is 880 g/mol. The highest BCUT2D eigenvalue weighted by atomic mass is 28.4. The van der Waals surface area contributed by atoms with Gasteiger partial charge in [-0.2, -0.15) is 0 Å². The maximum absolute atomic E-state index is 14.6. The van der Waals surface area contributed by atoms with Crippen molar-refractivity contribution in [2.75, 3.05) is 21.3 Å². The predicted molar refractivity (Wildman–Crippen MR) is 217 cm³/mol. The Bertz CT molecular complexity index is 2120. The number of alkyl carbamates (subject to hydrolysis) is 1. The van der Waals surface area contributed by atoms with E-state index in [0.29, 0.717) is 11.3 Å². The first kappa shape index (κ1) is 49.3. The van der Waals surface area contributed by atoms with Gasteiger partial charge in [0.05, 0.1) is 21.3 Å². The second kappa shape index (κ2) is 19.5. The van der Waals surface area contributed by atoms with Crippen molar-refractivity contribution >= 4 is 45.1 Å². The van der Waals surface area contributed by atoms with Gasteiger partial charge in [0.2, 0.25) is 28.7 Å². The third-order valence-corrected chi connectivity index (χ3v) is 13.9. The van der Waals surface area contributed by atoms with Crippen molar-refractivity contribution in [1.29, 1.82) is 5.39 Å². The maximum Gasteiger partial charge on any atom is 0.673 e. The molecular weight excluding hydrogens is 829 g/mol. The Morgan fingerprint density at radius 3 is 1.95 bits per heavy atom. The van der Waals surface area contributed by atoms with E-state index >= 15 is 0 Å². The Morgan fingerprint density at radius 2 is 1.44 bits per heavy atom. The van der Waals surface area contributed by atoms with Gasteiger partial charge in [-0.25, -0.2) is 9.59 Å². The number of halogens is 4. The second-order valence-corrected chi connectivity index (χ2v) is 20.9. The van der Waals surface area contributed by atoms with E-state index in [2.05, 4.69) is 20.9 Å². The van der Waals surface area contributed by atoms with Crippen LogP contribution in [0.15, 0.2) is 54.6 Å². The molecular formula is C39H50BF4N5O11Si. The molecule has 0 saturated heterocycles. The lowest BCUT2D eigenvalue weighted by molar-refractivity contribution is -0.148. The lowest BCUT2D eigenvalue weighted by Gasteiger charge is -2.41. The molecule has 0 aromatic heterocycles. The van der Waals surface area contributed by atoms with Gasteiger partial charge >= 0.3 is 25.0 Å². The monoisotopic (exact) mass is 879 g/mol. The summed E-state index contributed by atoms with van der Waals surface area (Å²) in [5, 5.41) is 29.0. The van der Waals surface area contributed by atoms with E-state index in [0.717, 1.165) is 7.11 Å². The molecule has 2 heterocycles. The van der Waals surface area contributed by atoms with Gasteiger partial charge in [-0.15, -0.1) is 0 Å². The molecule has 0 saturated carbocycles. The molecule has 3 amide bonds. The van der Waals surface area contributed by atoms with Gasteiger partial charge in [0.25, 0.3) is 0 Å². The second-order valence-electron chi connectivity index (χ2n) is 16.1. The number of benzene rings is 3. The van der Waals surface area contributed by atoms with Crippen LogP contribution < -0.4 is 30.2 Å². The molecule has 61 heavy (non-hydrogen) atoms. The molecule has 0 aliphatic carbocycles. The van der Waals surface area contributed by atoms with Crippen molar-refractivity contribution in [3.05, 3.63) is 76.3 Å². The number of nitrogens with zero attached hydrogens (tertiary/aromatic N) is 2. The highest BCUT2D eigenvalue weighted by molar-refractivity contribution is 6.74. The van der Waals surface area contributed by atoms with Gasteiger partial charge in [-0.3, -0.25) is 9.59 Å². The Morgan fingerprint density at radius 1 is 0.852 bits per heavy atom. The van der Waals surface area contributed by atoms with Crippen LogP contribution in [0.3, 0.4) is 0 Å². The summed E-state index contributed by atoms with van der Waals surface area (Å²) in [5.41, 5.74) is -0.530. The minimum atomic E-state index is -6.00. The first-order valence-corrected chi connectivity index (χ1v) is 21.5. The summed E-state index contributed by atoms with van der Waals surface area (Å²) in [6.45, 7) is 14.8. The van der Waals surface area contributed by atoms with Gasteiger partial charge in [0.1, 0.15) is 29.5 Å². The van der Waals surface area contributed by atoms with Gasteiger partial charge in [0.15, 0.2) is 30.8 Å². The third kappa shape index (κ3) is 13.5. The van der Waals surface area contributed by atoms with Gasteiger partial charge in [0, 0.05) is 6.07 Å². The van der Waals surface area contributed by atoms with Crippen LogP contribution in [0.1, 0.15) is 76.4 Å². The largest absolute Gasteiger partial charge is 0.673 e. The zero-order chi connectivity index (χ0) is 46.2. The number of nitrogens with one attached hydrogen (secondary N) is 3. The van der Waals surface area contributed by atoms with Crippen LogP contribution in [0.2, 0.25) is 18.1 Å². The fourth-order valence-corrected chi connectivity index (χ4v) is 6.80. The van der Waals surface area contributed by atoms with Gasteiger partial charge in [-0.1, -0.05) is 39.0 Å². The lowest BCUT2D eigenvalue weighted by Crippen LogP contribution is -2.54. The molecule has 3 aromatic rings. The molecule has 4 bridgehead atoms. The van der Waals surface area contributed by atoms with Crippen molar-refractivity contribution in [3.8, 4) is 28.7 Å². The Balaban J connectivity index is 0.00000187. The Kier molecular flexibility index (Phi) is 15.8. The lowest BCUT2D eigenvalue weighted by atomic mass is 9.98. The number of hydrogen-bond donors (Lipinski definition) is 4. The summed E-state index contributed by atoms with van der Waals surface area (Å²) in [5.74, 6) is -2.99. The highest BCUT2D eigenvalue weighted by Crippen LogP contribution is 2.46. The van der Waals surface area contributed by atoms with E-state index in [-0.39, 0.29) is 39.1 Å². The smallest absolute Gasteiger partial charge is 0.504 e. The normalized spacial score (nSPS) is 18.5. The fourth-order valence-electron chi connectivity index (χ4n) is 5.54. The number of rotatable bonds is 7. The van der Waals surface area contributed by atoms with Crippen LogP contribution >= 0.6 is 0 Å². The SMILES string of the molecule is COC(=O)[C@H]1NC(=O)[C@@H](c2ccc(OC)cc2)NC(=O)[C@H](NC(=O)OC(C)(C)C)c2cc(O)c(OC)c(c2)Oc2ccc(cc2[N+]#N)[C@H]1O[Si](C)(C)C(C)(C)C.F[B-](F)(F)F. The molecule has 2 aliphatic rings. The Hall–Kier alpha value is -6.08. The quantitative estimate of drug-likeness (QED) is 0.0768. The number of hydrogen-bond acceptors (Lipinski definition) is 12. The summed E-state index contributed by atoms with van der Waals surface area (Å²) in [4.78, 5) is 59.5. The molecule has 5 rings (SSSR count). The number of carbonyl (C=O) groups is 4. The number of diazo groups is 1. The van der Waals surface area contributed by atoms with E-state index in [1.54, 1.807) is 51.1 Å². The van der Waals surface area contributed by atoms with Crippen LogP contribution in [0, 0.1) is 5.39 Å². The minimum Gasteiger partial charge on any atom is -0.504 e. The summed E-state index contributed by atoms with van der Waals surface area (Å²) in [7, 11) is -4.86. The van der Waals surface area contributed by atoms with E-state index in [4.69, 9.17) is 28.1 Å². The highest BCUT2D eigenvalue weighted by Gasteiger charge is 2.45. The molecule has 332 valence electrons. The molecule has 0 unspecified atom stereocenters. The van der Waals surface area contributed by atoms with Crippen molar-refractivity contribution in [2.24, 2.45) is 0 Å². The number of fused-ring (bicyclic) bond motifs is 9. The van der Waals surface area contributed by atoms with Crippen molar-refractivity contribution in [1.82, 2.24) is 16.0 Å². The summed E-state index contributed by atoms with van der Waals surface area (Å²) < 4.78 is 73.4. The first-order valence-electron chi connectivity index (χ1n) is 18.6. The number of carbonyl (C=O) groups excluding carboxylic acids is 4. The molecule has 4 N–H and O–H groups in total. The predicted octanol–water partition coefficient (Wildman–Crippen LogP) is 8.14. The Labute approximate surface area is 351 Å². The van der Waals surface area contributed by atoms with Crippen molar-refractivity contribution in [2.45, 2.75) is 89.5 Å². The van der Waals surface area contributed by atoms with Crippen molar-refractivity contribution in [3.63, 3.8) is 0 Å². The summed E-state index contributed by atoms with van der Waals surface area (Å²) in [6.07, 6.45) is -2.21. The zero-order valence-electron chi connectivity index (χ0n) is 35.5. The number of phenolic OH excluding ortho intramolecular Hbond substituents is 1. The number of amides is 3. The third-order valence-electron chi connectivity index (χ3n) is 9.44. The minimum absolute atomic E-state index is 0.0166. The number of phenols is 1. The molecule has 22 heteroatoms. The molecule has 0 spiro atoms. The average Bonchev–Trinajstić information content (AvgIpc) is 3.14. The first-order chi connectivity index (χ1) is 28.1. The molecule has 2 aliphatic heterocycles. The molecule has 0 radical (unpaired) electrons. The standard InChI is InChI=1S/C39H49N5O11Si.BF4/c1-38(2,3)54-37(49)43-30-23-19-26(45)33(51-8)28(20-23)53-27-17-14-22(18-25(27)44-40)32(55-56(10,11)39(4,5)6)31(36(48)52-9)42-34(46)29(41-35(30)47)21-12-15-24(50-7)16-13-21;2-1(3,4)5/h12-20,29-32H,1-11H3,(H3-,41,42,43,45,46,47,49);/q;-1/p+1/t29-,30-,31+,32-;/m1./s1. The zero-order valence-corrected chi connectivity index (χ0v) is 36.5. The maximum atomic E-state index is 14.6. The summed E-state index contributed by atoms with van der Waals surface area (Å²) in [6, 6.07) is 8.58. The fraction of sp³-hybridized carbons (Fsp3) is 0.436.